The summed E-state index contributed by atoms with van der Waals surface area (Å²) >= 11 is 0. The fraction of sp³-hybridized carbons (Fsp3) is 0.867. The first-order chi connectivity index (χ1) is 8.89. The van der Waals surface area contributed by atoms with Crippen LogP contribution in [0, 0.1) is 11.3 Å². The van der Waals surface area contributed by atoms with Crippen molar-refractivity contribution in [1.82, 2.24) is 14.8 Å². The zero-order valence-electron chi connectivity index (χ0n) is 12.8. The number of rotatable bonds is 4. The summed E-state index contributed by atoms with van der Waals surface area (Å²) in [5.41, 5.74) is 6.92. The largest absolute Gasteiger partial charge is 0.327 e. The molecular weight excluding hydrogens is 236 g/mol. The standard InChI is InChI=1S/C15H28N4/c1-11(2)19-14(17-10-18-19)9-13(16)12-5-7-15(3,4)8-6-12/h10-13H,5-9,16H2,1-4H3. The molecule has 108 valence electrons. The summed E-state index contributed by atoms with van der Waals surface area (Å²) in [5, 5.41) is 4.29. The quantitative estimate of drug-likeness (QED) is 0.909. The van der Waals surface area contributed by atoms with E-state index in [-0.39, 0.29) is 6.04 Å². The number of hydrogen-bond acceptors (Lipinski definition) is 3. The van der Waals surface area contributed by atoms with Crippen LogP contribution < -0.4 is 5.73 Å². The molecule has 0 aromatic carbocycles. The molecule has 0 bridgehead atoms. The van der Waals surface area contributed by atoms with Gasteiger partial charge in [-0.2, -0.15) is 5.10 Å². The molecule has 0 radical (unpaired) electrons. The first-order valence-corrected chi connectivity index (χ1v) is 7.53. The van der Waals surface area contributed by atoms with Crippen molar-refractivity contribution in [3.05, 3.63) is 12.2 Å². The summed E-state index contributed by atoms with van der Waals surface area (Å²) < 4.78 is 1.99. The van der Waals surface area contributed by atoms with Gasteiger partial charge in [0.25, 0.3) is 0 Å². The molecule has 1 unspecified atom stereocenters. The second-order valence-corrected chi connectivity index (χ2v) is 7.08. The molecule has 4 nitrogen and oxygen atoms in total. The Morgan fingerprint density at radius 1 is 1.37 bits per heavy atom. The van der Waals surface area contributed by atoms with E-state index >= 15 is 0 Å². The molecule has 19 heavy (non-hydrogen) atoms. The van der Waals surface area contributed by atoms with Crippen molar-refractivity contribution in [2.45, 2.75) is 71.9 Å². The summed E-state index contributed by atoms with van der Waals surface area (Å²) in [6.07, 6.45) is 7.59. The normalized spacial score (nSPS) is 21.8. The molecule has 2 N–H and O–H groups in total. The van der Waals surface area contributed by atoms with Crippen LogP contribution in [0.5, 0.6) is 0 Å². The lowest BCUT2D eigenvalue weighted by molar-refractivity contribution is 0.171. The Morgan fingerprint density at radius 3 is 2.58 bits per heavy atom. The Kier molecular flexibility index (Phi) is 4.29. The smallest absolute Gasteiger partial charge is 0.138 e. The Balaban J connectivity index is 1.94. The van der Waals surface area contributed by atoms with Crippen LogP contribution in [-0.4, -0.2) is 20.8 Å². The maximum absolute atomic E-state index is 6.42. The fourth-order valence-electron chi connectivity index (χ4n) is 3.08. The Morgan fingerprint density at radius 2 is 2.00 bits per heavy atom. The maximum atomic E-state index is 6.42. The average Bonchev–Trinajstić information content (AvgIpc) is 2.77. The fourth-order valence-corrected chi connectivity index (χ4v) is 3.08. The summed E-state index contributed by atoms with van der Waals surface area (Å²) in [6, 6.07) is 0.577. The van der Waals surface area contributed by atoms with Crippen molar-refractivity contribution < 1.29 is 0 Å². The van der Waals surface area contributed by atoms with E-state index in [9.17, 15) is 0 Å². The third-order valence-electron chi connectivity index (χ3n) is 4.54. The van der Waals surface area contributed by atoms with Crippen molar-refractivity contribution in [1.29, 1.82) is 0 Å². The maximum Gasteiger partial charge on any atom is 0.138 e. The highest BCUT2D eigenvalue weighted by Gasteiger charge is 2.30. The van der Waals surface area contributed by atoms with E-state index in [1.54, 1.807) is 6.33 Å². The topological polar surface area (TPSA) is 56.7 Å². The molecule has 2 rings (SSSR count). The molecular formula is C15H28N4. The zero-order chi connectivity index (χ0) is 14.0. The lowest BCUT2D eigenvalue weighted by Gasteiger charge is -2.36. The number of nitrogens with zero attached hydrogens (tertiary/aromatic N) is 3. The number of nitrogens with two attached hydrogens (primary N) is 1. The summed E-state index contributed by atoms with van der Waals surface area (Å²) in [6.45, 7) is 8.99. The van der Waals surface area contributed by atoms with Gasteiger partial charge in [0.1, 0.15) is 12.2 Å². The first kappa shape index (κ1) is 14.5. The van der Waals surface area contributed by atoms with Gasteiger partial charge in [0.15, 0.2) is 0 Å². The lowest BCUT2D eigenvalue weighted by atomic mass is 9.71. The predicted octanol–water partition coefficient (Wildman–Crippen LogP) is 2.95. The van der Waals surface area contributed by atoms with Gasteiger partial charge in [-0.15, -0.1) is 0 Å². The van der Waals surface area contributed by atoms with E-state index in [1.807, 2.05) is 4.68 Å². The molecule has 1 heterocycles. The summed E-state index contributed by atoms with van der Waals surface area (Å²) in [4.78, 5) is 4.37. The van der Waals surface area contributed by atoms with Crippen LogP contribution in [0.3, 0.4) is 0 Å². The van der Waals surface area contributed by atoms with Crippen molar-refractivity contribution in [2.24, 2.45) is 17.1 Å². The van der Waals surface area contributed by atoms with Crippen LogP contribution in [0.4, 0.5) is 0 Å². The van der Waals surface area contributed by atoms with Gasteiger partial charge in [0.05, 0.1) is 0 Å². The predicted molar refractivity (Wildman–Crippen MR) is 77.8 cm³/mol. The molecule has 4 heteroatoms. The Hall–Kier alpha value is -0.900. The molecule has 1 saturated carbocycles. The second-order valence-electron chi connectivity index (χ2n) is 7.08. The average molecular weight is 264 g/mol. The molecule has 0 spiro atoms. The van der Waals surface area contributed by atoms with Gasteiger partial charge >= 0.3 is 0 Å². The van der Waals surface area contributed by atoms with E-state index in [2.05, 4.69) is 37.8 Å². The van der Waals surface area contributed by atoms with E-state index in [0.717, 1.165) is 12.2 Å². The SMILES string of the molecule is CC(C)n1ncnc1CC(N)C1CCC(C)(C)CC1. The highest BCUT2D eigenvalue weighted by Crippen LogP contribution is 2.39. The van der Waals surface area contributed by atoms with Crippen molar-refractivity contribution in [3.8, 4) is 0 Å². The molecule has 0 saturated heterocycles. The molecule has 1 aromatic heterocycles. The van der Waals surface area contributed by atoms with Gasteiger partial charge in [-0.25, -0.2) is 9.67 Å². The van der Waals surface area contributed by atoms with Crippen LogP contribution in [0.15, 0.2) is 6.33 Å². The third-order valence-corrected chi connectivity index (χ3v) is 4.54. The van der Waals surface area contributed by atoms with Crippen LogP contribution >= 0.6 is 0 Å². The molecule has 0 aliphatic heterocycles. The molecule has 1 aliphatic rings. The van der Waals surface area contributed by atoms with Gasteiger partial charge in [-0.05, 0) is 50.9 Å². The van der Waals surface area contributed by atoms with E-state index in [1.165, 1.54) is 25.7 Å². The summed E-state index contributed by atoms with van der Waals surface area (Å²) in [7, 11) is 0. The van der Waals surface area contributed by atoms with Crippen molar-refractivity contribution in [3.63, 3.8) is 0 Å². The molecule has 1 fully saturated rings. The van der Waals surface area contributed by atoms with Gasteiger partial charge in [-0.1, -0.05) is 13.8 Å². The highest BCUT2D eigenvalue weighted by atomic mass is 15.3. The molecule has 1 atom stereocenters. The Labute approximate surface area is 116 Å². The van der Waals surface area contributed by atoms with E-state index in [0.29, 0.717) is 17.4 Å². The third kappa shape index (κ3) is 3.56. The van der Waals surface area contributed by atoms with Gasteiger partial charge in [0.2, 0.25) is 0 Å². The summed E-state index contributed by atoms with van der Waals surface area (Å²) in [5.74, 6) is 1.68. The van der Waals surface area contributed by atoms with E-state index < -0.39 is 0 Å². The second kappa shape index (κ2) is 5.61. The van der Waals surface area contributed by atoms with Gasteiger partial charge in [0, 0.05) is 18.5 Å². The molecule has 1 aromatic rings. The first-order valence-electron chi connectivity index (χ1n) is 7.53. The Bertz CT molecular complexity index is 398. The van der Waals surface area contributed by atoms with E-state index in [4.69, 9.17) is 5.73 Å². The minimum Gasteiger partial charge on any atom is -0.327 e. The number of hydrogen-bond donors (Lipinski definition) is 1. The molecule has 0 amide bonds. The van der Waals surface area contributed by atoms with Crippen molar-refractivity contribution >= 4 is 0 Å². The zero-order valence-corrected chi connectivity index (χ0v) is 12.8. The minimum absolute atomic E-state index is 0.220. The lowest BCUT2D eigenvalue weighted by Crippen LogP contribution is -2.37. The van der Waals surface area contributed by atoms with Crippen LogP contribution in [0.2, 0.25) is 0 Å². The van der Waals surface area contributed by atoms with Gasteiger partial charge in [-0.3, -0.25) is 0 Å². The monoisotopic (exact) mass is 264 g/mol. The molecule has 1 aliphatic carbocycles. The van der Waals surface area contributed by atoms with Crippen LogP contribution in [0.1, 0.15) is 65.2 Å². The van der Waals surface area contributed by atoms with Crippen LogP contribution in [0.25, 0.3) is 0 Å². The highest BCUT2D eigenvalue weighted by molar-refractivity contribution is 4.94. The van der Waals surface area contributed by atoms with Gasteiger partial charge < -0.3 is 5.73 Å². The number of aromatic nitrogens is 3. The minimum atomic E-state index is 0.220. The van der Waals surface area contributed by atoms with Crippen molar-refractivity contribution in [2.75, 3.05) is 0 Å². The van der Waals surface area contributed by atoms with Crippen LogP contribution in [-0.2, 0) is 6.42 Å².